The molecule has 1 atom stereocenters. The predicted molar refractivity (Wildman–Crippen MR) is 243 cm³/mol. The second-order valence-electron chi connectivity index (χ2n) is 15.8. The number of hydrogen-bond donors (Lipinski definition) is 0. The Morgan fingerprint density at radius 3 is 1.94 bits per heavy atom. The summed E-state index contributed by atoms with van der Waals surface area (Å²) in [7, 11) is 0. The minimum Gasteiger partial charge on any atom is -0.465 e. The summed E-state index contributed by atoms with van der Waals surface area (Å²) in [6, 6.07) is 53.0. The van der Waals surface area contributed by atoms with Crippen molar-refractivity contribution in [3.05, 3.63) is 186 Å². The molecule has 2 aromatic heterocycles. The molecule has 0 unspecified atom stereocenters. The zero-order valence-electron chi connectivity index (χ0n) is 35.7. The summed E-state index contributed by atoms with van der Waals surface area (Å²) in [6.45, 7) is 4.09. The second kappa shape index (κ2) is 18.8. The Morgan fingerprint density at radius 2 is 1.31 bits per heavy atom. The number of ether oxygens (including phenoxy) is 4. The first-order valence-electron chi connectivity index (χ1n) is 21.8. The first kappa shape index (κ1) is 41.7. The SMILES string of the molecule is CCOc1nc2cccc(C(=O)O[C@H](C)OC(=O)OC3CCCCC3)c2n1Cc1ccc(-c2ccccc2-c2nnnn2C(c2ccccc2)(c2ccccc2)c2ccccc2)cc1. The maximum absolute atomic E-state index is 13.7. The lowest BCUT2D eigenvalue weighted by atomic mass is 9.77. The highest BCUT2D eigenvalue weighted by Gasteiger charge is 2.42. The summed E-state index contributed by atoms with van der Waals surface area (Å²) >= 11 is 0. The lowest BCUT2D eigenvalue weighted by Gasteiger charge is -2.36. The highest BCUT2D eigenvalue weighted by Crippen LogP contribution is 2.43. The monoisotopic (exact) mass is 852 g/mol. The van der Waals surface area contributed by atoms with E-state index >= 15 is 0 Å². The van der Waals surface area contributed by atoms with Gasteiger partial charge in [-0.2, -0.15) is 4.98 Å². The Balaban J connectivity index is 1.03. The number of hydrogen-bond acceptors (Lipinski definition) is 10. The van der Waals surface area contributed by atoms with Crippen LogP contribution in [0.25, 0.3) is 33.5 Å². The van der Waals surface area contributed by atoms with Crippen molar-refractivity contribution in [1.82, 2.24) is 29.8 Å². The molecule has 0 saturated heterocycles. The molecule has 0 N–H and O–H groups in total. The fraction of sp³-hybridized carbons (Fsp3) is 0.231. The number of rotatable bonds is 14. The van der Waals surface area contributed by atoms with Gasteiger partial charge in [-0.1, -0.05) is 152 Å². The number of benzene rings is 6. The number of esters is 1. The average Bonchev–Trinajstić information content (AvgIpc) is 3.96. The van der Waals surface area contributed by atoms with E-state index in [0.29, 0.717) is 36.0 Å². The summed E-state index contributed by atoms with van der Waals surface area (Å²) in [5, 5.41) is 13.8. The molecule has 0 bridgehead atoms. The number of aromatic nitrogens is 6. The number of fused-ring (bicyclic) bond motifs is 1. The van der Waals surface area contributed by atoms with Gasteiger partial charge in [-0.25, -0.2) is 14.3 Å². The molecule has 322 valence electrons. The van der Waals surface area contributed by atoms with E-state index in [9.17, 15) is 9.59 Å². The summed E-state index contributed by atoms with van der Waals surface area (Å²) in [5.41, 5.74) is 7.16. The molecule has 0 spiro atoms. The minimum atomic E-state index is -1.17. The Hall–Kier alpha value is -7.60. The first-order valence-corrected chi connectivity index (χ1v) is 21.8. The van der Waals surface area contributed by atoms with Crippen LogP contribution in [-0.4, -0.2) is 60.9 Å². The smallest absolute Gasteiger partial charge is 0.465 e. The van der Waals surface area contributed by atoms with Crippen LogP contribution in [-0.2, 0) is 26.3 Å². The third-order valence-electron chi connectivity index (χ3n) is 11.7. The Kier molecular flexibility index (Phi) is 12.3. The third kappa shape index (κ3) is 8.34. The molecule has 8 aromatic rings. The van der Waals surface area contributed by atoms with Crippen LogP contribution in [0.3, 0.4) is 0 Å². The maximum atomic E-state index is 13.7. The Labute approximate surface area is 371 Å². The molecule has 1 saturated carbocycles. The van der Waals surface area contributed by atoms with Crippen LogP contribution in [0.2, 0.25) is 0 Å². The number of carbonyl (C=O) groups is 2. The van der Waals surface area contributed by atoms with E-state index in [2.05, 4.69) is 65.9 Å². The number of carbonyl (C=O) groups excluding carboxylic acids is 2. The molecular formula is C52H48N6O6. The zero-order chi connectivity index (χ0) is 43.9. The molecule has 0 amide bonds. The highest BCUT2D eigenvalue weighted by molar-refractivity contribution is 6.02. The van der Waals surface area contributed by atoms with Crippen molar-refractivity contribution in [3.8, 4) is 28.5 Å². The normalized spacial score (nSPS) is 13.6. The molecule has 6 aromatic carbocycles. The summed E-state index contributed by atoms with van der Waals surface area (Å²) in [4.78, 5) is 31.0. The van der Waals surface area contributed by atoms with E-state index in [1.54, 1.807) is 12.1 Å². The topological polar surface area (TPSA) is 132 Å². The largest absolute Gasteiger partial charge is 0.511 e. The van der Waals surface area contributed by atoms with E-state index in [0.717, 1.165) is 71.0 Å². The first-order chi connectivity index (χ1) is 31.4. The third-order valence-corrected chi connectivity index (χ3v) is 11.7. The summed E-state index contributed by atoms with van der Waals surface area (Å²) in [5.74, 6) is -0.0689. The predicted octanol–water partition coefficient (Wildman–Crippen LogP) is 10.6. The fourth-order valence-corrected chi connectivity index (χ4v) is 8.82. The molecule has 9 rings (SSSR count). The molecule has 0 aliphatic heterocycles. The standard InChI is InChI=1S/C52H48N6O6/c1-3-61-50-53-46-30-18-29-45(49(59)62-36(2)63-51(60)64-42-25-14-7-15-26-42)47(46)57(50)35-37-31-33-38(34-32-37)43-27-16-17-28-44(43)48-54-55-56-58(48)52(39-19-8-4-9-20-39,40-21-10-5-11-22-40)41-23-12-6-13-24-41/h4-6,8-13,16-24,27-34,36,42H,3,7,14-15,25-26,35H2,1-2H3/t36-/m0/s1. The van der Waals surface area contributed by atoms with Gasteiger partial charge in [-0.15, -0.1) is 5.10 Å². The van der Waals surface area contributed by atoms with Gasteiger partial charge in [0.25, 0.3) is 6.01 Å². The summed E-state index contributed by atoms with van der Waals surface area (Å²) in [6.07, 6.45) is 2.54. The Morgan fingerprint density at radius 1 is 0.703 bits per heavy atom. The average molecular weight is 853 g/mol. The number of tetrazole rings is 1. The van der Waals surface area contributed by atoms with E-state index in [1.807, 2.05) is 101 Å². The van der Waals surface area contributed by atoms with Crippen molar-refractivity contribution in [2.24, 2.45) is 0 Å². The van der Waals surface area contributed by atoms with Gasteiger partial charge in [0, 0.05) is 12.5 Å². The van der Waals surface area contributed by atoms with Gasteiger partial charge in [0.05, 0.1) is 29.7 Å². The zero-order valence-corrected chi connectivity index (χ0v) is 35.7. The van der Waals surface area contributed by atoms with Crippen LogP contribution < -0.4 is 4.74 Å². The van der Waals surface area contributed by atoms with Crippen LogP contribution in [0.1, 0.15) is 78.6 Å². The van der Waals surface area contributed by atoms with E-state index < -0.39 is 24.0 Å². The molecule has 12 nitrogen and oxygen atoms in total. The molecule has 64 heavy (non-hydrogen) atoms. The molecule has 0 radical (unpaired) electrons. The Bertz CT molecular complexity index is 2740. The fourth-order valence-electron chi connectivity index (χ4n) is 8.82. The van der Waals surface area contributed by atoms with E-state index in [1.165, 1.54) is 6.92 Å². The van der Waals surface area contributed by atoms with E-state index in [-0.39, 0.29) is 11.7 Å². The number of nitrogens with zero attached hydrogens (tertiary/aromatic N) is 6. The maximum Gasteiger partial charge on any atom is 0.511 e. The molecule has 1 aliphatic rings. The van der Waals surface area contributed by atoms with Gasteiger partial charge in [0.1, 0.15) is 11.6 Å². The highest BCUT2D eigenvalue weighted by atomic mass is 16.8. The molecule has 1 aliphatic carbocycles. The lowest BCUT2D eigenvalue weighted by molar-refractivity contribution is -0.0914. The second-order valence-corrected chi connectivity index (χ2v) is 15.8. The molecule has 12 heteroatoms. The van der Waals surface area contributed by atoms with Crippen LogP contribution in [0.5, 0.6) is 6.01 Å². The van der Waals surface area contributed by atoms with E-state index in [4.69, 9.17) is 34.2 Å². The van der Waals surface area contributed by atoms with Crippen molar-refractivity contribution in [1.29, 1.82) is 0 Å². The van der Waals surface area contributed by atoms with Crippen molar-refractivity contribution in [2.45, 2.75) is 70.4 Å². The molecular weight excluding hydrogens is 805 g/mol. The summed E-state index contributed by atoms with van der Waals surface area (Å²) < 4.78 is 26.3. The van der Waals surface area contributed by atoms with Crippen LogP contribution in [0, 0.1) is 0 Å². The lowest BCUT2D eigenvalue weighted by Crippen LogP contribution is -2.39. The van der Waals surface area contributed by atoms with Gasteiger partial charge >= 0.3 is 12.1 Å². The van der Waals surface area contributed by atoms with Crippen molar-refractivity contribution in [3.63, 3.8) is 0 Å². The number of para-hydroxylation sites is 1. The van der Waals surface area contributed by atoms with Gasteiger partial charge in [0.15, 0.2) is 5.82 Å². The van der Waals surface area contributed by atoms with Gasteiger partial charge < -0.3 is 18.9 Å². The van der Waals surface area contributed by atoms with Crippen LogP contribution in [0.15, 0.2) is 158 Å². The molecule has 2 heterocycles. The van der Waals surface area contributed by atoms with Crippen LogP contribution >= 0.6 is 0 Å². The van der Waals surface area contributed by atoms with Crippen LogP contribution in [0.4, 0.5) is 4.79 Å². The van der Waals surface area contributed by atoms with Crippen molar-refractivity contribution >= 4 is 23.2 Å². The van der Waals surface area contributed by atoms with Gasteiger partial charge in [-0.3, -0.25) is 4.57 Å². The van der Waals surface area contributed by atoms with Gasteiger partial charge in [0.2, 0.25) is 6.29 Å². The molecule has 1 fully saturated rings. The van der Waals surface area contributed by atoms with Crippen molar-refractivity contribution < 1.29 is 28.5 Å². The van der Waals surface area contributed by atoms with Gasteiger partial charge in [-0.05, 0) is 88.5 Å². The number of imidazole rings is 1. The van der Waals surface area contributed by atoms with Crippen molar-refractivity contribution in [2.75, 3.05) is 6.61 Å². The quantitative estimate of drug-likeness (QED) is 0.0591. The minimum absolute atomic E-state index is 0.183.